The summed E-state index contributed by atoms with van der Waals surface area (Å²) in [7, 11) is 38.5. The van der Waals surface area contributed by atoms with Gasteiger partial charge in [0.05, 0.1) is 28.2 Å². The second-order valence-corrected chi connectivity index (χ2v) is 28.6. The first kappa shape index (κ1) is 37.1. The molecule has 0 rings (SSSR count). The van der Waals surface area contributed by atoms with Crippen molar-refractivity contribution in [2.24, 2.45) is 0 Å². The van der Waals surface area contributed by atoms with Gasteiger partial charge in [-0.1, -0.05) is 0 Å². The van der Waals surface area contributed by atoms with E-state index in [0.717, 1.165) is 4.48 Å². The Morgan fingerprint density at radius 1 is 0.625 bits per heavy atom. The first-order valence-corrected chi connectivity index (χ1v) is 24.6. The van der Waals surface area contributed by atoms with Crippen LogP contribution in [-0.2, 0) is 19.5 Å². The second kappa shape index (κ2) is 24.5. The van der Waals surface area contributed by atoms with E-state index in [1.807, 2.05) is 0 Å². The monoisotopic (exact) mass is 696 g/mol. The van der Waals surface area contributed by atoms with Gasteiger partial charge in [-0.15, -0.1) is 0 Å². The largest absolute Gasteiger partial charge is 1.00 e. The molecule has 0 aromatic heterocycles. The Balaban J connectivity index is -0.0000000216. The van der Waals surface area contributed by atoms with Crippen LogP contribution in [0, 0.1) is 0 Å². The zero-order valence-corrected chi connectivity index (χ0v) is 22.3. The molecule has 0 amide bonds. The third-order valence-electron chi connectivity index (χ3n) is 0. The average molecular weight is 696 g/mol. The van der Waals surface area contributed by atoms with Crippen molar-refractivity contribution in [3.05, 3.63) is 0 Å². The van der Waals surface area contributed by atoms with Crippen LogP contribution in [0.25, 0.3) is 0 Å². The summed E-state index contributed by atoms with van der Waals surface area (Å²) < 4.78 is 1.00. The Kier molecular flexibility index (Phi) is 56.8. The van der Waals surface area contributed by atoms with Gasteiger partial charge in [-0.25, -0.2) is 0 Å². The summed E-state index contributed by atoms with van der Waals surface area (Å²) in [4.78, 5) is 0. The van der Waals surface area contributed by atoms with Crippen LogP contribution in [0.5, 0.6) is 0 Å². The van der Waals surface area contributed by atoms with Crippen LogP contribution in [0.1, 0.15) is 0 Å². The van der Waals surface area contributed by atoms with Crippen LogP contribution < -0.4 is 24.8 Å². The topological polar surface area (TPSA) is 0 Å². The molecule has 0 aliphatic carbocycles. The molecule has 0 aromatic rings. The van der Waals surface area contributed by atoms with E-state index in [-0.39, 0.29) is 44.3 Å². The number of hydrogen-bond donors (Lipinski definition) is 0. The van der Waals surface area contributed by atoms with Gasteiger partial charge in [-0.2, -0.15) is 0 Å². The van der Waals surface area contributed by atoms with Crippen LogP contribution in [-0.4, -0.2) is 65.4 Å². The number of hydrogen-bond acceptors (Lipinski definition) is 0. The van der Waals surface area contributed by atoms with E-state index in [9.17, 15) is 0 Å². The number of halogens is 8. The van der Waals surface area contributed by atoms with E-state index in [1.54, 1.807) is 0 Å². The summed E-state index contributed by atoms with van der Waals surface area (Å²) in [5.74, 6) is 0. The molecule has 0 heterocycles. The van der Waals surface area contributed by atoms with Crippen molar-refractivity contribution in [2.75, 3.05) is 28.2 Å². The van der Waals surface area contributed by atoms with Gasteiger partial charge in [0, 0.05) is 0 Å². The van der Waals surface area contributed by atoms with Crippen LogP contribution >= 0.6 is 53.5 Å². The summed E-state index contributed by atoms with van der Waals surface area (Å²) >= 11 is -4.25. The Bertz CT molecular complexity index is 85.0. The molecule has 0 unspecified atom stereocenters. The zero-order chi connectivity index (χ0) is 11.7. The number of nitrogens with zero attached hydrogens (tertiary/aromatic N) is 1. The maximum Gasteiger partial charge on any atom is 1.00 e. The van der Waals surface area contributed by atoms with E-state index in [2.05, 4.69) is 28.2 Å². The number of quaternary nitrogens is 1. The van der Waals surface area contributed by atoms with Crippen LogP contribution in [0.3, 0.4) is 0 Å². The van der Waals surface area contributed by atoms with E-state index in [4.69, 9.17) is 53.5 Å². The zero-order valence-electron chi connectivity index (χ0n) is 8.82. The predicted octanol–water partition coefficient (Wildman–Crippen LogP) is -2.30. The minimum Gasteiger partial charge on any atom is 1.00 e. The molecule has 0 spiro atoms. The van der Waals surface area contributed by atoms with Gasteiger partial charge in [0.15, 0.2) is 0 Å². The van der Waals surface area contributed by atoms with Crippen molar-refractivity contribution in [3.63, 3.8) is 0 Å². The van der Waals surface area contributed by atoms with Gasteiger partial charge in [-0.3, -0.25) is 0 Å². The molecule has 16 heavy (non-hydrogen) atoms. The van der Waals surface area contributed by atoms with E-state index in [0.29, 0.717) is 0 Å². The van der Waals surface area contributed by atoms with Gasteiger partial charge >= 0.3 is 106 Å². The predicted molar refractivity (Wildman–Crippen MR) is 70.6 cm³/mol. The van der Waals surface area contributed by atoms with Crippen molar-refractivity contribution < 1.29 is 48.8 Å². The van der Waals surface area contributed by atoms with Crippen molar-refractivity contribution in [3.8, 4) is 0 Å². The van der Waals surface area contributed by atoms with Crippen LogP contribution in [0.15, 0.2) is 0 Å². The van der Waals surface area contributed by atoms with Crippen molar-refractivity contribution >= 4 is 86.3 Å². The van der Waals surface area contributed by atoms with Crippen molar-refractivity contribution in [2.45, 2.75) is 0 Å². The SMILES string of the molecule is C[N+](C)(C)C.[Cl-].[Cl-].[Cl][Sn]([Cl])[Cl].[Cl][Sn]([Cl])[Cl].[Ru+]. The smallest absolute Gasteiger partial charge is 1.00 e. The summed E-state index contributed by atoms with van der Waals surface area (Å²) in [6.07, 6.45) is 0. The maximum atomic E-state index is 5.00. The molecule has 0 aliphatic rings. The molecule has 0 aliphatic heterocycles. The Morgan fingerprint density at radius 3 is 0.625 bits per heavy atom. The molecule has 0 saturated heterocycles. The van der Waals surface area contributed by atoms with E-state index >= 15 is 0 Å². The molecule has 0 saturated carbocycles. The molecule has 0 bridgehead atoms. The van der Waals surface area contributed by atoms with Gasteiger partial charge in [0.25, 0.3) is 0 Å². The molecular formula is C4H12Cl8NRuSn2. The first-order valence-electron chi connectivity index (χ1n) is 2.92. The summed E-state index contributed by atoms with van der Waals surface area (Å²) in [6.45, 7) is 0. The molecule has 0 aromatic carbocycles. The Hall–Kier alpha value is 4.50. The first-order chi connectivity index (χ1) is 5.46. The summed E-state index contributed by atoms with van der Waals surface area (Å²) in [5.41, 5.74) is 0. The molecule has 0 N–H and O–H groups in total. The van der Waals surface area contributed by atoms with Crippen molar-refractivity contribution in [1.29, 1.82) is 0 Å². The molecule has 3 radical (unpaired) electrons. The molecule has 1 nitrogen and oxygen atoms in total. The Labute approximate surface area is 160 Å². The van der Waals surface area contributed by atoms with Gasteiger partial charge < -0.3 is 29.3 Å². The van der Waals surface area contributed by atoms with Crippen molar-refractivity contribution in [1.82, 2.24) is 0 Å². The molecule has 0 atom stereocenters. The van der Waals surface area contributed by atoms with Gasteiger partial charge in [0.2, 0.25) is 0 Å². The third kappa shape index (κ3) is 280. The fourth-order valence-corrected chi connectivity index (χ4v) is 0. The second-order valence-electron chi connectivity index (χ2n) is 3.11. The summed E-state index contributed by atoms with van der Waals surface area (Å²) in [6, 6.07) is 0. The van der Waals surface area contributed by atoms with Crippen LogP contribution in [0.2, 0.25) is 0 Å². The Morgan fingerprint density at radius 2 is 0.625 bits per heavy atom. The molecule has 105 valence electrons. The normalized spacial score (nSPS) is 8.25. The minimum atomic E-state index is -2.13. The molecular weight excluding hydrogens is 684 g/mol. The van der Waals surface area contributed by atoms with Gasteiger partial charge in [0.1, 0.15) is 0 Å². The van der Waals surface area contributed by atoms with Crippen LogP contribution in [0.4, 0.5) is 0 Å². The molecule has 0 fully saturated rings. The van der Waals surface area contributed by atoms with E-state index in [1.165, 1.54) is 0 Å². The summed E-state index contributed by atoms with van der Waals surface area (Å²) in [5, 5.41) is 0. The quantitative estimate of drug-likeness (QED) is 0.198. The average Bonchev–Trinajstić information content (AvgIpc) is 1.50. The minimum absolute atomic E-state index is 0. The van der Waals surface area contributed by atoms with Gasteiger partial charge in [-0.05, 0) is 0 Å². The fourth-order valence-electron chi connectivity index (χ4n) is 0. The fraction of sp³-hybridized carbons (Fsp3) is 1.00. The standard InChI is InChI=1S/C4H12N.8ClH.Ru.2Sn/c1-5(2,3)4;;;;;;;;;;;/h1-4H3;8*1H;;;/q+1;;;;;;;;;+1;2*+3/p-8. The third-order valence-corrected chi connectivity index (χ3v) is 0. The van der Waals surface area contributed by atoms with E-state index < -0.39 is 32.8 Å². The maximum absolute atomic E-state index is 5.00. The number of rotatable bonds is 0. The molecule has 12 heteroatoms.